The molecule has 0 aromatic carbocycles. The van der Waals surface area contributed by atoms with Crippen molar-refractivity contribution in [1.29, 1.82) is 0 Å². The van der Waals surface area contributed by atoms with Crippen molar-refractivity contribution >= 4 is 17.8 Å². The van der Waals surface area contributed by atoms with Gasteiger partial charge in [-0.25, -0.2) is 9.78 Å². The maximum Gasteiger partial charge on any atom is 0.471 e. The molecule has 10 heteroatoms. The molecule has 0 unspecified atom stereocenters. The van der Waals surface area contributed by atoms with Crippen LogP contribution in [0, 0.1) is 0 Å². The Morgan fingerprint density at radius 1 is 1.25 bits per heavy atom. The number of nitrogens with zero attached hydrogens (tertiary/aromatic N) is 2. The normalized spacial score (nSPS) is 17.5. The molecule has 1 aliphatic rings. The van der Waals surface area contributed by atoms with E-state index in [1.807, 2.05) is 23.1 Å². The van der Waals surface area contributed by atoms with Gasteiger partial charge in [-0.15, -0.1) is 0 Å². The lowest BCUT2D eigenvalue weighted by molar-refractivity contribution is -0.173. The van der Waals surface area contributed by atoms with Crippen LogP contribution in [0.4, 0.5) is 23.8 Å². The number of carbonyl (C=O) groups excluding carboxylic acids is 2. The maximum atomic E-state index is 12.0. The van der Waals surface area contributed by atoms with Gasteiger partial charge < -0.3 is 20.9 Å². The van der Waals surface area contributed by atoms with Gasteiger partial charge in [0.05, 0.1) is 0 Å². The van der Waals surface area contributed by atoms with E-state index in [1.54, 1.807) is 11.5 Å². The number of aromatic nitrogens is 1. The van der Waals surface area contributed by atoms with Gasteiger partial charge >= 0.3 is 18.1 Å². The van der Waals surface area contributed by atoms with Gasteiger partial charge in [0, 0.05) is 38.4 Å². The predicted molar refractivity (Wildman–Crippen MR) is 80.5 cm³/mol. The molecule has 7 nitrogen and oxygen atoms in total. The molecule has 0 aliphatic carbocycles. The second-order valence-corrected chi connectivity index (χ2v) is 5.27. The van der Waals surface area contributed by atoms with Gasteiger partial charge in [-0.1, -0.05) is 6.07 Å². The average molecular weight is 345 g/mol. The molecule has 1 saturated heterocycles. The number of alkyl halides is 3. The summed E-state index contributed by atoms with van der Waals surface area (Å²) in [5.74, 6) is -1.19. The van der Waals surface area contributed by atoms with Crippen molar-refractivity contribution in [1.82, 2.24) is 20.9 Å². The number of hydrogen-bond donors (Lipinski definition) is 3. The zero-order valence-corrected chi connectivity index (χ0v) is 12.8. The number of rotatable bonds is 5. The Hall–Kier alpha value is -2.52. The van der Waals surface area contributed by atoms with Gasteiger partial charge in [-0.3, -0.25) is 4.79 Å². The topological polar surface area (TPSA) is 86.4 Å². The van der Waals surface area contributed by atoms with E-state index in [2.05, 4.69) is 15.6 Å². The molecule has 1 aliphatic heterocycles. The number of carbonyl (C=O) groups is 2. The SMILES string of the molecule is O=C(NCCNC(=O)C(F)(F)F)N[C@H]1CCN(c2ccccn2)C1. The summed E-state index contributed by atoms with van der Waals surface area (Å²) in [6.07, 6.45) is -2.48. The number of anilines is 1. The van der Waals surface area contributed by atoms with E-state index in [-0.39, 0.29) is 19.1 Å². The van der Waals surface area contributed by atoms with Gasteiger partial charge in [0.1, 0.15) is 5.82 Å². The molecule has 0 radical (unpaired) electrons. The summed E-state index contributed by atoms with van der Waals surface area (Å²) in [7, 11) is 0. The van der Waals surface area contributed by atoms with Gasteiger partial charge in [0.2, 0.25) is 0 Å². The Morgan fingerprint density at radius 2 is 2.00 bits per heavy atom. The summed E-state index contributed by atoms with van der Waals surface area (Å²) in [6, 6.07) is 5.03. The molecule has 24 heavy (non-hydrogen) atoms. The highest BCUT2D eigenvalue weighted by Crippen LogP contribution is 2.17. The number of nitrogens with one attached hydrogen (secondary N) is 3. The lowest BCUT2D eigenvalue weighted by Gasteiger charge is -2.18. The zero-order chi connectivity index (χ0) is 17.6. The number of pyridine rings is 1. The van der Waals surface area contributed by atoms with Crippen molar-refractivity contribution in [3.63, 3.8) is 0 Å². The maximum absolute atomic E-state index is 12.0. The first-order valence-electron chi connectivity index (χ1n) is 7.41. The third kappa shape index (κ3) is 5.28. The fourth-order valence-electron chi connectivity index (χ4n) is 2.32. The number of hydrogen-bond acceptors (Lipinski definition) is 4. The minimum Gasteiger partial charge on any atom is -0.354 e. The van der Waals surface area contributed by atoms with Crippen LogP contribution < -0.4 is 20.9 Å². The first-order chi connectivity index (χ1) is 11.4. The third-order valence-corrected chi connectivity index (χ3v) is 3.45. The van der Waals surface area contributed by atoms with Crippen molar-refractivity contribution < 1.29 is 22.8 Å². The average Bonchev–Trinajstić information content (AvgIpc) is 2.99. The fourth-order valence-corrected chi connectivity index (χ4v) is 2.32. The molecule has 0 bridgehead atoms. The van der Waals surface area contributed by atoms with Crippen LogP contribution in [-0.4, -0.2) is 55.3 Å². The van der Waals surface area contributed by atoms with Gasteiger partial charge in [-0.2, -0.15) is 13.2 Å². The second kappa shape index (κ2) is 7.84. The second-order valence-electron chi connectivity index (χ2n) is 5.27. The summed E-state index contributed by atoms with van der Waals surface area (Å²) in [5, 5.41) is 6.82. The van der Waals surface area contributed by atoms with E-state index in [0.29, 0.717) is 6.54 Å². The van der Waals surface area contributed by atoms with E-state index in [4.69, 9.17) is 0 Å². The van der Waals surface area contributed by atoms with E-state index >= 15 is 0 Å². The van der Waals surface area contributed by atoms with Crippen LogP contribution >= 0.6 is 0 Å². The van der Waals surface area contributed by atoms with Crippen LogP contribution in [0.5, 0.6) is 0 Å². The fraction of sp³-hybridized carbons (Fsp3) is 0.500. The summed E-state index contributed by atoms with van der Waals surface area (Å²) < 4.78 is 35.9. The van der Waals surface area contributed by atoms with E-state index in [1.165, 1.54) is 0 Å². The van der Waals surface area contributed by atoms with Gasteiger partial charge in [0.25, 0.3) is 0 Å². The lowest BCUT2D eigenvalue weighted by atomic mass is 10.3. The molecule has 0 saturated carbocycles. The molecule has 2 rings (SSSR count). The van der Waals surface area contributed by atoms with Crippen molar-refractivity contribution in [2.45, 2.75) is 18.6 Å². The van der Waals surface area contributed by atoms with Crippen molar-refractivity contribution in [2.24, 2.45) is 0 Å². The monoisotopic (exact) mass is 345 g/mol. The molecule has 2 heterocycles. The van der Waals surface area contributed by atoms with Crippen LogP contribution in [-0.2, 0) is 4.79 Å². The third-order valence-electron chi connectivity index (χ3n) is 3.45. The molecule has 3 N–H and O–H groups in total. The highest BCUT2D eigenvalue weighted by atomic mass is 19.4. The first kappa shape index (κ1) is 17.8. The molecule has 1 atom stereocenters. The summed E-state index contributed by atoms with van der Waals surface area (Å²) in [5.41, 5.74) is 0. The smallest absolute Gasteiger partial charge is 0.354 e. The van der Waals surface area contributed by atoms with Crippen LogP contribution in [0.2, 0.25) is 0 Å². The van der Waals surface area contributed by atoms with E-state index < -0.39 is 18.1 Å². The molecule has 1 aromatic heterocycles. The molecule has 0 spiro atoms. The predicted octanol–water partition coefficient (Wildman–Crippen LogP) is 0.638. The molecule has 132 valence electrons. The van der Waals surface area contributed by atoms with E-state index in [9.17, 15) is 22.8 Å². The van der Waals surface area contributed by atoms with Crippen LogP contribution in [0.15, 0.2) is 24.4 Å². The molecule has 1 fully saturated rings. The van der Waals surface area contributed by atoms with Crippen molar-refractivity contribution in [3.8, 4) is 0 Å². The van der Waals surface area contributed by atoms with E-state index in [0.717, 1.165) is 18.8 Å². The first-order valence-corrected chi connectivity index (χ1v) is 7.41. The Balaban J connectivity index is 1.64. The quantitative estimate of drug-likeness (QED) is 0.684. The van der Waals surface area contributed by atoms with Gasteiger partial charge in [-0.05, 0) is 18.6 Å². The Bertz CT molecular complexity index is 567. The van der Waals surface area contributed by atoms with Crippen molar-refractivity contribution in [2.75, 3.05) is 31.1 Å². The molecule has 1 aromatic rings. The van der Waals surface area contributed by atoms with Crippen LogP contribution in [0.3, 0.4) is 0 Å². The number of halogens is 3. The standard InChI is InChI=1S/C14H18F3N5O2/c15-14(16,17)12(23)19-6-7-20-13(24)21-10-4-8-22(9-10)11-3-1-2-5-18-11/h1-3,5,10H,4,6-9H2,(H,19,23)(H2,20,21,24)/t10-/m0/s1. The highest BCUT2D eigenvalue weighted by molar-refractivity contribution is 5.81. The number of amides is 3. The minimum atomic E-state index is -4.92. The minimum absolute atomic E-state index is 0.0724. The highest BCUT2D eigenvalue weighted by Gasteiger charge is 2.38. The van der Waals surface area contributed by atoms with Crippen LogP contribution in [0.25, 0.3) is 0 Å². The van der Waals surface area contributed by atoms with Crippen LogP contribution in [0.1, 0.15) is 6.42 Å². The number of urea groups is 1. The molecular weight excluding hydrogens is 327 g/mol. The lowest BCUT2D eigenvalue weighted by Crippen LogP contribution is -2.46. The summed E-state index contributed by atoms with van der Waals surface area (Å²) in [4.78, 5) is 28.5. The zero-order valence-electron chi connectivity index (χ0n) is 12.8. The van der Waals surface area contributed by atoms with Crippen molar-refractivity contribution in [3.05, 3.63) is 24.4 Å². The Kier molecular flexibility index (Phi) is 5.83. The Morgan fingerprint density at radius 3 is 2.67 bits per heavy atom. The largest absolute Gasteiger partial charge is 0.471 e. The molecule has 3 amide bonds. The molecular formula is C14H18F3N5O2. The summed E-state index contributed by atoms with van der Waals surface area (Å²) in [6.45, 7) is 0.972. The summed E-state index contributed by atoms with van der Waals surface area (Å²) >= 11 is 0. The van der Waals surface area contributed by atoms with Gasteiger partial charge in [0.15, 0.2) is 0 Å². The Labute approximate surface area is 136 Å².